The van der Waals surface area contributed by atoms with E-state index in [4.69, 9.17) is 0 Å². The summed E-state index contributed by atoms with van der Waals surface area (Å²) in [6.07, 6.45) is 0.875. The third-order valence-corrected chi connectivity index (χ3v) is 6.03. The molecule has 33 heavy (non-hydrogen) atoms. The van der Waals surface area contributed by atoms with Crippen molar-refractivity contribution in [3.05, 3.63) is 71.3 Å². The third kappa shape index (κ3) is 4.67. The van der Waals surface area contributed by atoms with Crippen LogP contribution in [0.3, 0.4) is 0 Å². The van der Waals surface area contributed by atoms with Crippen molar-refractivity contribution in [3.63, 3.8) is 0 Å². The number of benzene rings is 3. The van der Waals surface area contributed by atoms with Crippen molar-refractivity contribution in [1.82, 2.24) is 15.0 Å². The van der Waals surface area contributed by atoms with E-state index in [1.807, 2.05) is 68.4 Å². The number of nitrogens with one attached hydrogen (secondary N) is 2. The van der Waals surface area contributed by atoms with Crippen molar-refractivity contribution in [2.24, 2.45) is 0 Å². The number of amides is 2. The maximum absolute atomic E-state index is 12.7. The first-order valence-corrected chi connectivity index (χ1v) is 11.0. The summed E-state index contributed by atoms with van der Waals surface area (Å²) in [4.78, 5) is 14.2. The van der Waals surface area contributed by atoms with E-state index in [-0.39, 0.29) is 11.2 Å². The smallest absolute Gasteiger partial charge is 0.323 e. The van der Waals surface area contributed by atoms with Gasteiger partial charge in [-0.25, -0.2) is 4.79 Å². The molecule has 170 valence electrons. The zero-order valence-electron chi connectivity index (χ0n) is 19.6. The van der Waals surface area contributed by atoms with E-state index in [2.05, 4.69) is 41.6 Å². The molecule has 1 aromatic heterocycles. The highest BCUT2D eigenvalue weighted by Crippen LogP contribution is 2.38. The molecule has 0 unspecified atom stereocenters. The number of hydrogen-bond acceptors (Lipinski definition) is 4. The van der Waals surface area contributed by atoms with E-state index >= 15 is 0 Å². The number of anilines is 2. The van der Waals surface area contributed by atoms with Crippen molar-refractivity contribution in [2.45, 2.75) is 46.5 Å². The van der Waals surface area contributed by atoms with Gasteiger partial charge >= 0.3 is 6.03 Å². The molecule has 4 rings (SSSR count). The van der Waals surface area contributed by atoms with E-state index in [0.29, 0.717) is 17.1 Å². The predicted molar refractivity (Wildman–Crippen MR) is 132 cm³/mol. The van der Waals surface area contributed by atoms with Gasteiger partial charge in [0.25, 0.3) is 0 Å². The quantitative estimate of drug-likeness (QED) is 0.326. The second kappa shape index (κ2) is 8.58. The normalized spacial score (nSPS) is 11.5. The molecule has 0 spiro atoms. The summed E-state index contributed by atoms with van der Waals surface area (Å²) >= 11 is 0. The Bertz CT molecular complexity index is 1340. The number of aromatic nitrogens is 3. The van der Waals surface area contributed by atoms with Crippen molar-refractivity contribution >= 4 is 28.4 Å². The first-order chi connectivity index (χ1) is 15.7. The molecular formula is C26H29N5O2. The largest absolute Gasteiger partial charge is 0.504 e. The second-order valence-corrected chi connectivity index (χ2v) is 9.06. The van der Waals surface area contributed by atoms with Crippen LogP contribution < -0.4 is 10.6 Å². The van der Waals surface area contributed by atoms with Crippen LogP contribution in [0.25, 0.3) is 16.7 Å². The zero-order chi connectivity index (χ0) is 23.8. The third-order valence-electron chi connectivity index (χ3n) is 6.03. The van der Waals surface area contributed by atoms with Gasteiger partial charge in [0.15, 0.2) is 5.75 Å². The molecule has 0 fully saturated rings. The van der Waals surface area contributed by atoms with Gasteiger partial charge in [0.05, 0.1) is 5.69 Å². The summed E-state index contributed by atoms with van der Waals surface area (Å²) in [7, 11) is 0. The molecule has 0 aliphatic carbocycles. The van der Waals surface area contributed by atoms with Crippen LogP contribution >= 0.6 is 0 Å². The number of aromatic hydroxyl groups is 1. The molecule has 7 heteroatoms. The van der Waals surface area contributed by atoms with Gasteiger partial charge in [0, 0.05) is 5.69 Å². The van der Waals surface area contributed by atoms with Crippen LogP contribution in [-0.4, -0.2) is 26.1 Å². The summed E-state index contributed by atoms with van der Waals surface area (Å²) < 4.78 is 0. The molecule has 7 nitrogen and oxygen atoms in total. The van der Waals surface area contributed by atoms with Crippen molar-refractivity contribution < 1.29 is 9.90 Å². The van der Waals surface area contributed by atoms with Crippen molar-refractivity contribution in [3.8, 4) is 11.4 Å². The van der Waals surface area contributed by atoms with Gasteiger partial charge in [-0.3, -0.25) is 0 Å². The molecule has 0 aliphatic heterocycles. The van der Waals surface area contributed by atoms with Crippen LogP contribution in [0.2, 0.25) is 0 Å². The van der Waals surface area contributed by atoms with Crippen LogP contribution in [-0.2, 0) is 5.41 Å². The fraction of sp³-hybridized carbons (Fsp3) is 0.269. The molecule has 0 saturated heterocycles. The summed E-state index contributed by atoms with van der Waals surface area (Å²) in [6.45, 7) is 10.3. The van der Waals surface area contributed by atoms with E-state index in [9.17, 15) is 9.90 Å². The van der Waals surface area contributed by atoms with Crippen LogP contribution in [0.5, 0.6) is 5.75 Å². The number of phenolic OH excluding ortho intramolecular Hbond substituents is 1. The highest BCUT2D eigenvalue weighted by molar-refractivity contribution is 6.01. The molecule has 2 amide bonds. The molecule has 0 saturated carbocycles. The minimum atomic E-state index is -0.442. The number of hydrogen-bond donors (Lipinski definition) is 3. The molecule has 0 radical (unpaired) electrons. The maximum atomic E-state index is 12.7. The molecule has 3 aromatic carbocycles. The summed E-state index contributed by atoms with van der Waals surface area (Å²) in [5.74, 6) is -0.0953. The zero-order valence-corrected chi connectivity index (χ0v) is 19.6. The van der Waals surface area contributed by atoms with Gasteiger partial charge in [-0.2, -0.15) is 0 Å². The highest BCUT2D eigenvalue weighted by atomic mass is 16.3. The number of nitrogens with zero attached hydrogens (tertiary/aromatic N) is 3. The molecule has 3 N–H and O–H groups in total. The summed E-state index contributed by atoms with van der Waals surface area (Å²) in [5.41, 5.74) is 5.74. The molecule has 1 heterocycles. The van der Waals surface area contributed by atoms with E-state index < -0.39 is 6.03 Å². The van der Waals surface area contributed by atoms with Crippen LogP contribution in [0.1, 0.15) is 43.9 Å². The predicted octanol–water partition coefficient (Wildman–Crippen LogP) is 6.07. The number of fused-ring (bicyclic) bond motifs is 1. The lowest BCUT2D eigenvalue weighted by Gasteiger charge is -2.25. The van der Waals surface area contributed by atoms with Crippen LogP contribution in [0.15, 0.2) is 54.6 Å². The topological polar surface area (TPSA) is 92.1 Å². The second-order valence-electron chi connectivity index (χ2n) is 9.06. The number of carbonyl (C=O) groups is 1. The van der Waals surface area contributed by atoms with Crippen molar-refractivity contribution in [2.75, 3.05) is 10.6 Å². The number of urea groups is 1. The van der Waals surface area contributed by atoms with Crippen LogP contribution in [0, 0.1) is 13.8 Å². The lowest BCUT2D eigenvalue weighted by atomic mass is 9.81. The Morgan fingerprint density at radius 1 is 0.970 bits per heavy atom. The van der Waals surface area contributed by atoms with E-state index in [0.717, 1.165) is 34.1 Å². The summed E-state index contributed by atoms with van der Waals surface area (Å²) in [6, 6.07) is 16.6. The number of rotatable bonds is 5. The molecule has 0 atom stereocenters. The number of carbonyl (C=O) groups excluding carboxylic acids is 1. The first kappa shape index (κ1) is 22.3. The SMILES string of the molecule is CCC(C)(C)c1cc(NC(=O)Nc2cccc(C)c2)c(O)c(-n2nc3ccc(C)cc3n2)c1. The van der Waals surface area contributed by atoms with E-state index in [1.165, 1.54) is 4.80 Å². The lowest BCUT2D eigenvalue weighted by molar-refractivity contribution is 0.262. The Morgan fingerprint density at radius 3 is 2.42 bits per heavy atom. The Hall–Kier alpha value is -3.87. The number of phenols is 1. The minimum Gasteiger partial charge on any atom is -0.504 e. The van der Waals surface area contributed by atoms with Crippen molar-refractivity contribution in [1.29, 1.82) is 0 Å². The Kier molecular flexibility index (Phi) is 5.80. The maximum Gasteiger partial charge on any atom is 0.323 e. The Morgan fingerprint density at radius 2 is 1.70 bits per heavy atom. The van der Waals surface area contributed by atoms with Gasteiger partial charge in [-0.15, -0.1) is 15.0 Å². The molecular weight excluding hydrogens is 414 g/mol. The summed E-state index contributed by atoms with van der Waals surface area (Å²) in [5, 5.41) is 25.8. The molecule has 0 bridgehead atoms. The average Bonchev–Trinajstić information content (AvgIpc) is 3.17. The fourth-order valence-electron chi connectivity index (χ4n) is 3.60. The first-order valence-electron chi connectivity index (χ1n) is 11.0. The number of aryl methyl sites for hydroxylation is 2. The fourth-order valence-corrected chi connectivity index (χ4v) is 3.60. The Labute approximate surface area is 193 Å². The highest BCUT2D eigenvalue weighted by Gasteiger charge is 2.24. The average molecular weight is 444 g/mol. The van der Waals surface area contributed by atoms with Gasteiger partial charge < -0.3 is 15.7 Å². The van der Waals surface area contributed by atoms with Gasteiger partial charge in [0.2, 0.25) is 0 Å². The van der Waals surface area contributed by atoms with Crippen LogP contribution in [0.4, 0.5) is 16.2 Å². The molecule has 0 aliphatic rings. The van der Waals surface area contributed by atoms with E-state index in [1.54, 1.807) is 0 Å². The standard InChI is InChI=1S/C26H29N5O2/c1-6-26(4,5)18-14-22(28-25(33)27-19-9-7-8-16(2)12-19)24(32)23(15-18)31-29-20-11-10-17(3)13-21(20)30-31/h7-15,32H,6H2,1-5H3,(H2,27,28,33). The Balaban J connectivity index is 1.75. The van der Waals surface area contributed by atoms with Gasteiger partial charge in [-0.1, -0.05) is 39.0 Å². The monoisotopic (exact) mass is 443 g/mol. The van der Waals surface area contributed by atoms with Gasteiger partial charge in [-0.05, 0) is 78.8 Å². The molecule has 4 aromatic rings. The van der Waals surface area contributed by atoms with Gasteiger partial charge in [0.1, 0.15) is 16.7 Å². The minimum absolute atomic E-state index is 0.0953. The lowest BCUT2D eigenvalue weighted by Crippen LogP contribution is -2.21.